The van der Waals surface area contributed by atoms with Gasteiger partial charge in [0, 0.05) is 12.6 Å². The molecular weight excluding hydrogens is 410 g/mol. The number of hydrogen-bond acceptors (Lipinski definition) is 5. The Labute approximate surface area is 187 Å². The highest BCUT2D eigenvalue weighted by Gasteiger charge is 2.21. The van der Waals surface area contributed by atoms with E-state index in [-0.39, 0.29) is 18.5 Å². The molecule has 0 radical (unpaired) electrons. The smallest absolute Gasteiger partial charge is 0.313 e. The Kier molecular flexibility index (Phi) is 8.08. The van der Waals surface area contributed by atoms with E-state index < -0.39 is 11.8 Å². The van der Waals surface area contributed by atoms with Crippen LogP contribution in [0.2, 0.25) is 0 Å². The van der Waals surface area contributed by atoms with E-state index in [1.165, 1.54) is 0 Å². The molecule has 32 heavy (non-hydrogen) atoms. The molecule has 2 aromatic carbocycles. The van der Waals surface area contributed by atoms with E-state index >= 15 is 0 Å². The lowest BCUT2D eigenvalue weighted by Gasteiger charge is -2.15. The van der Waals surface area contributed by atoms with E-state index in [1.54, 1.807) is 44.6 Å². The van der Waals surface area contributed by atoms with Crippen molar-refractivity contribution >= 4 is 23.4 Å². The number of benzene rings is 2. The number of carbonyl (C=O) groups is 3. The maximum atomic E-state index is 12.6. The third kappa shape index (κ3) is 6.00. The lowest BCUT2D eigenvalue weighted by molar-refractivity contribution is -0.136. The Morgan fingerprint density at radius 2 is 1.66 bits per heavy atom. The summed E-state index contributed by atoms with van der Waals surface area (Å²) in [5, 5.41) is 8.15. The first kappa shape index (κ1) is 23.1. The Morgan fingerprint density at radius 3 is 2.38 bits per heavy atom. The first-order chi connectivity index (χ1) is 15.5. The molecule has 170 valence electrons. The van der Waals surface area contributed by atoms with Gasteiger partial charge >= 0.3 is 11.8 Å². The van der Waals surface area contributed by atoms with Gasteiger partial charge in [-0.15, -0.1) is 0 Å². The molecule has 0 atom stereocenters. The summed E-state index contributed by atoms with van der Waals surface area (Å²) >= 11 is 0. The van der Waals surface area contributed by atoms with Gasteiger partial charge in [0.25, 0.3) is 5.91 Å². The summed E-state index contributed by atoms with van der Waals surface area (Å²) in [4.78, 5) is 37.2. The van der Waals surface area contributed by atoms with Gasteiger partial charge in [-0.25, -0.2) is 0 Å². The molecule has 1 fully saturated rings. The Hall–Kier alpha value is -3.55. The zero-order chi connectivity index (χ0) is 22.9. The molecule has 8 heteroatoms. The third-order valence-electron chi connectivity index (χ3n) is 5.46. The van der Waals surface area contributed by atoms with Crippen LogP contribution in [-0.2, 0) is 16.0 Å². The first-order valence-corrected chi connectivity index (χ1v) is 10.7. The molecule has 8 nitrogen and oxygen atoms in total. The van der Waals surface area contributed by atoms with E-state index in [4.69, 9.17) is 9.47 Å². The maximum absolute atomic E-state index is 12.6. The first-order valence-electron chi connectivity index (χ1n) is 10.7. The van der Waals surface area contributed by atoms with Crippen molar-refractivity contribution in [1.82, 2.24) is 10.6 Å². The molecule has 1 aliphatic carbocycles. The van der Waals surface area contributed by atoms with Gasteiger partial charge in [0.05, 0.1) is 25.5 Å². The highest BCUT2D eigenvalue weighted by Crippen LogP contribution is 2.27. The quantitative estimate of drug-likeness (QED) is 0.549. The van der Waals surface area contributed by atoms with Crippen LogP contribution >= 0.6 is 0 Å². The molecule has 0 aliphatic heterocycles. The number of methoxy groups -OCH3 is 2. The van der Waals surface area contributed by atoms with Gasteiger partial charge in [-0.2, -0.15) is 0 Å². The van der Waals surface area contributed by atoms with Crippen LogP contribution in [0.25, 0.3) is 0 Å². The topological polar surface area (TPSA) is 106 Å². The molecule has 0 unspecified atom stereocenters. The third-order valence-corrected chi connectivity index (χ3v) is 5.46. The van der Waals surface area contributed by atoms with Gasteiger partial charge in [0.15, 0.2) is 11.5 Å². The molecule has 0 spiro atoms. The number of rotatable bonds is 8. The fraction of sp³-hybridized carbons (Fsp3) is 0.375. The zero-order valence-corrected chi connectivity index (χ0v) is 18.4. The number of hydrogen-bond donors (Lipinski definition) is 3. The van der Waals surface area contributed by atoms with Gasteiger partial charge in [-0.3, -0.25) is 14.4 Å². The molecular formula is C24H29N3O5. The predicted molar refractivity (Wildman–Crippen MR) is 121 cm³/mol. The van der Waals surface area contributed by atoms with Gasteiger partial charge < -0.3 is 25.4 Å². The Morgan fingerprint density at radius 1 is 0.938 bits per heavy atom. The van der Waals surface area contributed by atoms with Crippen LogP contribution in [-0.4, -0.2) is 44.5 Å². The van der Waals surface area contributed by atoms with E-state index in [2.05, 4.69) is 16.0 Å². The average Bonchev–Trinajstić information content (AvgIpc) is 3.32. The Balaban J connectivity index is 1.53. The lowest BCUT2D eigenvalue weighted by Crippen LogP contribution is -2.37. The molecule has 0 saturated heterocycles. The SMILES string of the molecule is COc1ccc(CCNC(=O)C(=O)Nc2ccccc2C(=O)NC2CCCC2)cc1OC. The molecule has 3 rings (SSSR count). The summed E-state index contributed by atoms with van der Waals surface area (Å²) < 4.78 is 10.5. The molecule has 3 N–H and O–H groups in total. The second kappa shape index (κ2) is 11.2. The minimum atomic E-state index is -0.821. The average molecular weight is 440 g/mol. The summed E-state index contributed by atoms with van der Waals surface area (Å²) in [7, 11) is 3.12. The van der Waals surface area contributed by atoms with Crippen LogP contribution in [0.3, 0.4) is 0 Å². The van der Waals surface area contributed by atoms with Crippen molar-refractivity contribution in [2.75, 3.05) is 26.1 Å². The van der Waals surface area contributed by atoms with Gasteiger partial charge in [-0.1, -0.05) is 31.0 Å². The number of ether oxygens (including phenoxy) is 2. The van der Waals surface area contributed by atoms with Crippen LogP contribution in [0.15, 0.2) is 42.5 Å². The lowest BCUT2D eigenvalue weighted by atomic mass is 10.1. The van der Waals surface area contributed by atoms with Gasteiger partial charge in [-0.05, 0) is 49.1 Å². The van der Waals surface area contributed by atoms with Crippen LogP contribution in [0, 0.1) is 0 Å². The van der Waals surface area contributed by atoms with Crippen molar-refractivity contribution in [2.24, 2.45) is 0 Å². The summed E-state index contributed by atoms with van der Waals surface area (Å²) in [6.45, 7) is 0.269. The van der Waals surface area contributed by atoms with Crippen molar-refractivity contribution in [1.29, 1.82) is 0 Å². The number of anilines is 1. The number of carbonyl (C=O) groups excluding carboxylic acids is 3. The standard InChI is InChI=1S/C24H29N3O5/c1-31-20-12-11-16(15-21(20)32-2)13-14-25-23(29)24(30)27-19-10-6-5-9-18(19)22(28)26-17-7-3-4-8-17/h5-6,9-12,15,17H,3-4,7-8,13-14H2,1-2H3,(H,25,29)(H,26,28)(H,27,30). The maximum Gasteiger partial charge on any atom is 0.313 e. The number of nitrogens with one attached hydrogen (secondary N) is 3. The molecule has 0 heterocycles. The van der Waals surface area contributed by atoms with E-state index in [9.17, 15) is 14.4 Å². The van der Waals surface area contributed by atoms with Crippen molar-refractivity contribution in [3.63, 3.8) is 0 Å². The molecule has 0 bridgehead atoms. The zero-order valence-electron chi connectivity index (χ0n) is 18.4. The summed E-state index contributed by atoms with van der Waals surface area (Å²) in [5.74, 6) is -0.617. The monoisotopic (exact) mass is 439 g/mol. The largest absolute Gasteiger partial charge is 0.493 e. The predicted octanol–water partition coefficient (Wildman–Crippen LogP) is 2.67. The number of amides is 3. The van der Waals surface area contributed by atoms with Crippen molar-refractivity contribution in [3.05, 3.63) is 53.6 Å². The highest BCUT2D eigenvalue weighted by molar-refractivity contribution is 6.40. The molecule has 2 aromatic rings. The molecule has 1 saturated carbocycles. The highest BCUT2D eigenvalue weighted by atomic mass is 16.5. The second-order valence-electron chi connectivity index (χ2n) is 7.65. The second-order valence-corrected chi connectivity index (χ2v) is 7.65. The van der Waals surface area contributed by atoms with Crippen molar-refractivity contribution < 1.29 is 23.9 Å². The fourth-order valence-electron chi connectivity index (χ4n) is 3.74. The van der Waals surface area contributed by atoms with Crippen molar-refractivity contribution in [3.8, 4) is 11.5 Å². The minimum absolute atomic E-state index is 0.158. The summed E-state index contributed by atoms with van der Waals surface area (Å²) in [6.07, 6.45) is 4.64. The van der Waals surface area contributed by atoms with Crippen LogP contribution in [0.1, 0.15) is 41.6 Å². The van der Waals surface area contributed by atoms with Crippen molar-refractivity contribution in [2.45, 2.75) is 38.1 Å². The summed E-state index contributed by atoms with van der Waals surface area (Å²) in [6, 6.07) is 12.3. The number of para-hydroxylation sites is 1. The normalized spacial score (nSPS) is 13.3. The summed E-state index contributed by atoms with van der Waals surface area (Å²) in [5.41, 5.74) is 1.58. The molecule has 3 amide bonds. The Bertz CT molecular complexity index is 970. The van der Waals surface area contributed by atoms with E-state index in [1.807, 2.05) is 12.1 Å². The minimum Gasteiger partial charge on any atom is -0.493 e. The molecule has 1 aliphatic rings. The van der Waals surface area contributed by atoms with Gasteiger partial charge in [0.2, 0.25) is 0 Å². The van der Waals surface area contributed by atoms with E-state index in [0.29, 0.717) is 29.2 Å². The van der Waals surface area contributed by atoms with Crippen LogP contribution < -0.4 is 25.4 Å². The van der Waals surface area contributed by atoms with E-state index in [0.717, 1.165) is 31.2 Å². The molecule has 0 aromatic heterocycles. The van der Waals surface area contributed by atoms with Crippen LogP contribution in [0.4, 0.5) is 5.69 Å². The van der Waals surface area contributed by atoms with Crippen LogP contribution in [0.5, 0.6) is 11.5 Å². The fourth-order valence-corrected chi connectivity index (χ4v) is 3.74. The van der Waals surface area contributed by atoms with Gasteiger partial charge in [0.1, 0.15) is 0 Å².